The van der Waals surface area contributed by atoms with E-state index in [0.29, 0.717) is 12.1 Å². The van der Waals surface area contributed by atoms with Gasteiger partial charge in [0.2, 0.25) is 5.91 Å². The number of amides is 2. The van der Waals surface area contributed by atoms with Crippen LogP contribution in [0.2, 0.25) is 0 Å². The zero-order valence-electron chi connectivity index (χ0n) is 21.9. The highest BCUT2D eigenvalue weighted by atomic mass is 16.6. The van der Waals surface area contributed by atoms with Crippen molar-refractivity contribution in [3.8, 4) is 0 Å². The van der Waals surface area contributed by atoms with Gasteiger partial charge in [-0.1, -0.05) is 18.2 Å². The van der Waals surface area contributed by atoms with Crippen LogP contribution in [0.15, 0.2) is 54.7 Å². The second kappa shape index (κ2) is 10.6. The normalized spacial score (nSPS) is 15.5. The lowest BCUT2D eigenvalue weighted by atomic mass is 10.0. The molecule has 0 aliphatic carbocycles. The van der Waals surface area contributed by atoms with Gasteiger partial charge in [-0.25, -0.2) is 4.79 Å². The molecule has 1 aliphatic rings. The maximum absolute atomic E-state index is 13.4. The summed E-state index contributed by atoms with van der Waals surface area (Å²) >= 11 is 0. The number of carbonyl (C=O) groups excluding carboxylic acids is 2. The number of rotatable bonds is 6. The van der Waals surface area contributed by atoms with Crippen LogP contribution in [0.1, 0.15) is 26.3 Å². The number of fused-ring (bicyclic) bond motifs is 1. The summed E-state index contributed by atoms with van der Waals surface area (Å²) in [5.74, 6) is -0.291. The molecule has 4 rings (SSSR count). The SMILES string of the molecule is CN1CCN(c2ccc(NC(=O)[C@H](Cc3cn(C)c4ccccc34)NC(=O)OC(C)(C)C)cc2)CC1. The maximum atomic E-state index is 13.4. The van der Waals surface area contributed by atoms with Crippen molar-refractivity contribution in [1.82, 2.24) is 14.8 Å². The topological polar surface area (TPSA) is 78.8 Å². The quantitative estimate of drug-likeness (QED) is 0.545. The van der Waals surface area contributed by atoms with Gasteiger partial charge in [0.05, 0.1) is 0 Å². The highest BCUT2D eigenvalue weighted by Gasteiger charge is 2.26. The molecular formula is C28H37N5O3. The van der Waals surface area contributed by atoms with Gasteiger partial charge in [-0.3, -0.25) is 4.79 Å². The predicted molar refractivity (Wildman–Crippen MR) is 145 cm³/mol. The molecule has 0 bridgehead atoms. The Morgan fingerprint density at radius 1 is 0.972 bits per heavy atom. The number of likely N-dealkylation sites (N-methyl/N-ethyl adjacent to an activating group) is 1. The van der Waals surface area contributed by atoms with Crippen LogP contribution < -0.4 is 15.5 Å². The van der Waals surface area contributed by atoms with E-state index in [9.17, 15) is 9.59 Å². The average Bonchev–Trinajstić information content (AvgIpc) is 3.14. The molecule has 2 heterocycles. The fourth-order valence-corrected chi connectivity index (χ4v) is 4.52. The van der Waals surface area contributed by atoms with E-state index in [-0.39, 0.29) is 5.91 Å². The Hall–Kier alpha value is -3.52. The third-order valence-corrected chi connectivity index (χ3v) is 6.41. The molecule has 36 heavy (non-hydrogen) atoms. The molecule has 0 unspecified atom stereocenters. The molecule has 0 saturated carbocycles. The van der Waals surface area contributed by atoms with E-state index < -0.39 is 17.7 Å². The number of anilines is 2. The summed E-state index contributed by atoms with van der Waals surface area (Å²) in [6, 6.07) is 15.1. The van der Waals surface area contributed by atoms with E-state index >= 15 is 0 Å². The lowest BCUT2D eigenvalue weighted by molar-refractivity contribution is -0.118. The van der Waals surface area contributed by atoms with Gasteiger partial charge in [0, 0.05) is 68.1 Å². The molecule has 8 heteroatoms. The Balaban J connectivity index is 1.50. The summed E-state index contributed by atoms with van der Waals surface area (Å²) in [5.41, 5.74) is 3.22. The fraction of sp³-hybridized carbons (Fsp3) is 0.429. The molecule has 1 fully saturated rings. The van der Waals surface area contributed by atoms with Crippen LogP contribution >= 0.6 is 0 Å². The number of aryl methyl sites for hydroxylation is 1. The Morgan fingerprint density at radius 3 is 2.31 bits per heavy atom. The van der Waals surface area contributed by atoms with E-state index in [1.54, 1.807) is 20.8 Å². The van der Waals surface area contributed by atoms with Crippen molar-refractivity contribution >= 4 is 34.3 Å². The van der Waals surface area contributed by atoms with E-state index in [4.69, 9.17) is 4.74 Å². The molecule has 2 aromatic carbocycles. The van der Waals surface area contributed by atoms with Crippen LogP contribution in [0.25, 0.3) is 10.9 Å². The second-order valence-corrected chi connectivity index (χ2v) is 10.5. The first-order chi connectivity index (χ1) is 17.1. The van der Waals surface area contributed by atoms with Crippen molar-refractivity contribution in [1.29, 1.82) is 0 Å². The minimum Gasteiger partial charge on any atom is -0.444 e. The van der Waals surface area contributed by atoms with Gasteiger partial charge < -0.3 is 29.7 Å². The zero-order valence-corrected chi connectivity index (χ0v) is 21.9. The summed E-state index contributed by atoms with van der Waals surface area (Å²) in [7, 11) is 4.11. The summed E-state index contributed by atoms with van der Waals surface area (Å²) in [4.78, 5) is 30.6. The van der Waals surface area contributed by atoms with Crippen molar-refractivity contribution in [3.63, 3.8) is 0 Å². The van der Waals surface area contributed by atoms with Crippen LogP contribution in [0, 0.1) is 0 Å². The van der Waals surface area contributed by atoms with Crippen LogP contribution in [-0.2, 0) is 23.0 Å². The molecule has 1 aliphatic heterocycles. The van der Waals surface area contributed by atoms with Gasteiger partial charge in [0.25, 0.3) is 0 Å². The van der Waals surface area contributed by atoms with Gasteiger partial charge in [0.15, 0.2) is 0 Å². The second-order valence-electron chi connectivity index (χ2n) is 10.5. The van der Waals surface area contributed by atoms with E-state index in [1.807, 2.05) is 66.3 Å². The Labute approximate surface area is 213 Å². The molecule has 1 saturated heterocycles. The first-order valence-corrected chi connectivity index (χ1v) is 12.5. The number of hydrogen-bond donors (Lipinski definition) is 2. The van der Waals surface area contributed by atoms with Crippen molar-refractivity contribution < 1.29 is 14.3 Å². The van der Waals surface area contributed by atoms with Gasteiger partial charge in [-0.05, 0) is 63.7 Å². The minimum absolute atomic E-state index is 0.291. The summed E-state index contributed by atoms with van der Waals surface area (Å²) in [6.07, 6.45) is 1.73. The molecule has 0 radical (unpaired) electrons. The number of piperazine rings is 1. The highest BCUT2D eigenvalue weighted by Crippen LogP contribution is 2.23. The molecule has 2 amide bonds. The number of carbonyl (C=O) groups is 2. The number of hydrogen-bond acceptors (Lipinski definition) is 5. The molecular weight excluding hydrogens is 454 g/mol. The number of alkyl carbamates (subject to hydrolysis) is 1. The van der Waals surface area contributed by atoms with E-state index in [0.717, 1.165) is 48.3 Å². The molecule has 0 spiro atoms. The molecule has 1 aromatic heterocycles. The number of para-hydroxylation sites is 1. The van der Waals surface area contributed by atoms with Crippen LogP contribution in [0.4, 0.5) is 16.2 Å². The fourth-order valence-electron chi connectivity index (χ4n) is 4.52. The zero-order chi connectivity index (χ0) is 25.9. The lowest BCUT2D eigenvalue weighted by Crippen LogP contribution is -2.47. The third kappa shape index (κ3) is 6.37. The van der Waals surface area contributed by atoms with E-state index in [2.05, 4.69) is 27.5 Å². The van der Waals surface area contributed by atoms with Crippen molar-refractivity contribution in [3.05, 3.63) is 60.3 Å². The van der Waals surface area contributed by atoms with Gasteiger partial charge >= 0.3 is 6.09 Å². The monoisotopic (exact) mass is 491 g/mol. The van der Waals surface area contributed by atoms with Crippen LogP contribution in [0.3, 0.4) is 0 Å². The highest BCUT2D eigenvalue weighted by molar-refractivity contribution is 5.97. The largest absolute Gasteiger partial charge is 0.444 e. The molecule has 1 atom stereocenters. The Kier molecular flexibility index (Phi) is 7.54. The van der Waals surface area contributed by atoms with Gasteiger partial charge in [-0.15, -0.1) is 0 Å². The average molecular weight is 492 g/mol. The molecule has 3 aromatic rings. The third-order valence-electron chi connectivity index (χ3n) is 6.41. The number of nitrogens with one attached hydrogen (secondary N) is 2. The summed E-state index contributed by atoms with van der Waals surface area (Å²) < 4.78 is 7.48. The minimum atomic E-state index is -0.803. The molecule has 2 N–H and O–H groups in total. The number of benzene rings is 2. The first-order valence-electron chi connectivity index (χ1n) is 12.5. The van der Waals surface area contributed by atoms with Crippen LogP contribution in [0.5, 0.6) is 0 Å². The predicted octanol–water partition coefficient (Wildman–Crippen LogP) is 4.00. The summed E-state index contributed by atoms with van der Waals surface area (Å²) in [5, 5.41) is 6.82. The van der Waals surface area contributed by atoms with Gasteiger partial charge in [-0.2, -0.15) is 0 Å². The van der Waals surface area contributed by atoms with E-state index in [1.165, 1.54) is 0 Å². The Bertz CT molecular complexity index is 1200. The molecule has 8 nitrogen and oxygen atoms in total. The van der Waals surface area contributed by atoms with Crippen LogP contribution in [-0.4, -0.2) is 66.3 Å². The maximum Gasteiger partial charge on any atom is 0.408 e. The smallest absolute Gasteiger partial charge is 0.408 e. The van der Waals surface area contributed by atoms with Gasteiger partial charge in [0.1, 0.15) is 11.6 Å². The van der Waals surface area contributed by atoms with Crippen molar-refractivity contribution in [2.24, 2.45) is 7.05 Å². The first kappa shape index (κ1) is 25.6. The molecule has 192 valence electrons. The Morgan fingerprint density at radius 2 is 1.64 bits per heavy atom. The number of aromatic nitrogens is 1. The number of ether oxygens (including phenoxy) is 1. The number of nitrogens with zero attached hydrogens (tertiary/aromatic N) is 3. The van der Waals surface area contributed by atoms with Crippen molar-refractivity contribution in [2.45, 2.75) is 38.8 Å². The summed E-state index contributed by atoms with van der Waals surface area (Å²) in [6.45, 7) is 9.43. The van der Waals surface area contributed by atoms with Crippen molar-refractivity contribution in [2.75, 3.05) is 43.4 Å². The lowest BCUT2D eigenvalue weighted by Gasteiger charge is -2.34. The standard InChI is InChI=1S/C28H37N5O3/c1-28(2,3)36-27(35)30-24(18-20-19-32(5)25-9-7-6-8-23(20)25)26(34)29-21-10-12-22(13-11-21)33-16-14-31(4)15-17-33/h6-13,19,24H,14-18H2,1-5H3,(H,29,34)(H,30,35)/t24-/m0/s1.